The summed E-state index contributed by atoms with van der Waals surface area (Å²) in [7, 11) is 1.53. The zero-order valence-electron chi connectivity index (χ0n) is 14.5. The van der Waals surface area contributed by atoms with Gasteiger partial charge in [-0.25, -0.2) is 4.98 Å². The first-order chi connectivity index (χ1) is 12.7. The van der Waals surface area contributed by atoms with Gasteiger partial charge in [-0.05, 0) is 43.8 Å². The molecule has 5 nitrogen and oxygen atoms in total. The number of alkyl halides is 3. The number of H-pyrrole nitrogens is 1. The van der Waals surface area contributed by atoms with E-state index in [9.17, 15) is 18.0 Å². The van der Waals surface area contributed by atoms with Crippen LogP contribution in [0.5, 0.6) is 0 Å². The second-order valence-electron chi connectivity index (χ2n) is 5.92. The third kappa shape index (κ3) is 3.97. The summed E-state index contributed by atoms with van der Waals surface area (Å²) in [5.74, 6) is 0. The number of nitrogens with zero attached hydrogens (tertiary/aromatic N) is 2. The molecule has 3 aromatic heterocycles. The summed E-state index contributed by atoms with van der Waals surface area (Å²) < 4.78 is 47.6. The van der Waals surface area contributed by atoms with Crippen LogP contribution in [0.4, 0.5) is 13.2 Å². The van der Waals surface area contributed by atoms with E-state index in [1.807, 2.05) is 13.0 Å². The topological polar surface area (TPSA) is 59.9 Å². The second-order valence-corrected chi connectivity index (χ2v) is 7.59. The number of fused-ring (bicyclic) bond motifs is 1. The molecule has 144 valence electrons. The van der Waals surface area contributed by atoms with Crippen molar-refractivity contribution in [2.75, 3.05) is 13.7 Å². The van der Waals surface area contributed by atoms with Gasteiger partial charge in [0.05, 0.1) is 21.5 Å². The molecule has 0 radical (unpaired) electrons. The van der Waals surface area contributed by atoms with Crippen LogP contribution in [0.2, 0.25) is 0 Å². The number of halogens is 3. The quantitative estimate of drug-likeness (QED) is 0.491. The predicted octanol–water partition coefficient (Wildman–Crippen LogP) is 4.55. The lowest BCUT2D eigenvalue weighted by Crippen LogP contribution is -2.21. The summed E-state index contributed by atoms with van der Waals surface area (Å²) in [4.78, 5) is 20.6. The molecule has 0 atom stereocenters. The van der Waals surface area contributed by atoms with Crippen LogP contribution < -0.4 is 5.56 Å². The molecule has 27 heavy (non-hydrogen) atoms. The zero-order chi connectivity index (χ0) is 19.8. The Hall–Kier alpha value is -2.04. The Morgan fingerprint density at radius 1 is 1.37 bits per heavy atom. The van der Waals surface area contributed by atoms with E-state index in [0.717, 1.165) is 10.9 Å². The van der Waals surface area contributed by atoms with Crippen molar-refractivity contribution in [2.45, 2.75) is 26.1 Å². The molecule has 0 unspecified atom stereocenters. The Kier molecular flexibility index (Phi) is 5.50. The lowest BCUT2D eigenvalue weighted by atomic mass is 10.1. The Morgan fingerprint density at radius 2 is 2.11 bits per heavy atom. The number of ether oxygens (including phenoxy) is 1. The van der Waals surface area contributed by atoms with Crippen molar-refractivity contribution < 1.29 is 17.9 Å². The van der Waals surface area contributed by atoms with E-state index in [-0.39, 0.29) is 22.7 Å². The Morgan fingerprint density at radius 3 is 2.70 bits per heavy atom. The molecule has 3 rings (SSSR count). The van der Waals surface area contributed by atoms with Crippen LogP contribution in [0.1, 0.15) is 16.9 Å². The highest BCUT2D eigenvalue weighted by Gasteiger charge is 2.35. The van der Waals surface area contributed by atoms with E-state index in [1.165, 1.54) is 23.0 Å². The number of aromatic amines is 1. The van der Waals surface area contributed by atoms with Crippen LogP contribution in [0.15, 0.2) is 23.0 Å². The van der Waals surface area contributed by atoms with Gasteiger partial charge in [0.25, 0.3) is 5.56 Å². The van der Waals surface area contributed by atoms with Crippen LogP contribution in [0.3, 0.4) is 0 Å². The van der Waals surface area contributed by atoms with Gasteiger partial charge < -0.3 is 9.30 Å². The number of thiophene rings is 1. The molecule has 3 heterocycles. The van der Waals surface area contributed by atoms with Gasteiger partial charge in [0.15, 0.2) is 4.77 Å². The minimum atomic E-state index is -4.71. The predicted molar refractivity (Wildman–Crippen MR) is 101 cm³/mol. The van der Waals surface area contributed by atoms with Gasteiger partial charge in [-0.2, -0.15) is 13.2 Å². The van der Waals surface area contributed by atoms with Gasteiger partial charge >= 0.3 is 6.18 Å². The van der Waals surface area contributed by atoms with Crippen LogP contribution >= 0.6 is 23.6 Å². The summed E-state index contributed by atoms with van der Waals surface area (Å²) in [6.45, 7) is 2.53. The Labute approximate surface area is 161 Å². The van der Waals surface area contributed by atoms with Gasteiger partial charge in [-0.3, -0.25) is 9.78 Å². The monoisotopic (exact) mass is 415 g/mol. The summed E-state index contributed by atoms with van der Waals surface area (Å²) in [6.07, 6.45) is -4.19. The maximum Gasteiger partial charge on any atom is 0.417 e. The van der Waals surface area contributed by atoms with Crippen LogP contribution in [-0.4, -0.2) is 28.3 Å². The van der Waals surface area contributed by atoms with Gasteiger partial charge in [-0.1, -0.05) is 0 Å². The van der Waals surface area contributed by atoms with Gasteiger partial charge in [0, 0.05) is 25.1 Å². The smallest absolute Gasteiger partial charge is 0.385 e. The first kappa shape index (κ1) is 19.7. The molecule has 0 aliphatic heterocycles. The van der Waals surface area contributed by atoms with E-state index < -0.39 is 22.7 Å². The molecule has 1 N–H and O–H groups in total. The molecule has 3 aromatic rings. The average molecular weight is 415 g/mol. The SMILES string of the molecule is COCCCn1c(=S)[nH]c(=O)c2c(C(F)(F)F)cc(-c3ccc(C)s3)nc21. The largest absolute Gasteiger partial charge is 0.417 e. The van der Waals surface area contributed by atoms with Crippen molar-refractivity contribution in [3.8, 4) is 10.6 Å². The van der Waals surface area contributed by atoms with E-state index in [1.54, 1.807) is 6.07 Å². The molecule has 0 fully saturated rings. The van der Waals surface area contributed by atoms with Crippen molar-refractivity contribution in [1.82, 2.24) is 14.5 Å². The van der Waals surface area contributed by atoms with Gasteiger partial charge in [0.2, 0.25) is 0 Å². The minimum absolute atomic E-state index is 0.0312. The maximum absolute atomic E-state index is 13.7. The minimum Gasteiger partial charge on any atom is -0.385 e. The fraction of sp³-hybridized carbons (Fsp3) is 0.353. The molecule has 0 saturated carbocycles. The molecule has 0 aromatic carbocycles. The number of hydrogen-bond donors (Lipinski definition) is 1. The first-order valence-electron chi connectivity index (χ1n) is 8.03. The molecule has 0 aliphatic rings. The lowest BCUT2D eigenvalue weighted by Gasteiger charge is -2.15. The van der Waals surface area contributed by atoms with E-state index in [4.69, 9.17) is 17.0 Å². The third-order valence-corrected chi connectivity index (χ3v) is 5.32. The summed E-state index contributed by atoms with van der Waals surface area (Å²) in [5.41, 5.74) is -1.83. The van der Waals surface area contributed by atoms with Crippen molar-refractivity contribution in [1.29, 1.82) is 0 Å². The van der Waals surface area contributed by atoms with Gasteiger partial charge in [0.1, 0.15) is 5.65 Å². The van der Waals surface area contributed by atoms with Crippen molar-refractivity contribution in [3.05, 3.63) is 43.8 Å². The summed E-state index contributed by atoms with van der Waals surface area (Å²) in [5, 5.41) is -0.509. The standard InChI is InChI=1S/C17H16F3N3O2S2/c1-9-4-5-12(27-9)11-8-10(17(18,19)20)13-14(21-11)23(6-3-7-25-2)16(26)22-15(13)24/h4-5,8H,3,6-7H2,1-2H3,(H,22,24,26). The number of aryl methyl sites for hydroxylation is 2. The van der Waals surface area contributed by atoms with Crippen molar-refractivity contribution in [3.63, 3.8) is 0 Å². The average Bonchev–Trinajstić information content (AvgIpc) is 3.02. The molecule has 0 amide bonds. The number of hydrogen-bond acceptors (Lipinski definition) is 5. The van der Waals surface area contributed by atoms with E-state index in [0.29, 0.717) is 17.9 Å². The summed E-state index contributed by atoms with van der Waals surface area (Å²) >= 11 is 6.50. The zero-order valence-corrected chi connectivity index (χ0v) is 16.1. The van der Waals surface area contributed by atoms with Crippen LogP contribution in [-0.2, 0) is 17.5 Å². The van der Waals surface area contributed by atoms with Crippen LogP contribution in [0.25, 0.3) is 21.6 Å². The number of rotatable bonds is 5. The molecule has 0 saturated heterocycles. The van der Waals surface area contributed by atoms with Crippen molar-refractivity contribution in [2.24, 2.45) is 0 Å². The Balaban J connectivity index is 2.36. The molecule has 10 heteroatoms. The highest BCUT2D eigenvalue weighted by molar-refractivity contribution is 7.71. The highest BCUT2D eigenvalue weighted by Crippen LogP contribution is 2.36. The lowest BCUT2D eigenvalue weighted by molar-refractivity contribution is -0.136. The normalized spacial score (nSPS) is 12.0. The van der Waals surface area contributed by atoms with Crippen LogP contribution in [0, 0.1) is 11.7 Å². The molecular formula is C17H16F3N3O2S2. The second kappa shape index (κ2) is 7.53. The first-order valence-corrected chi connectivity index (χ1v) is 9.25. The number of pyridine rings is 1. The van der Waals surface area contributed by atoms with Gasteiger partial charge in [-0.15, -0.1) is 11.3 Å². The third-order valence-electron chi connectivity index (χ3n) is 3.98. The summed E-state index contributed by atoms with van der Waals surface area (Å²) in [6, 6.07) is 4.44. The van der Waals surface area contributed by atoms with Crippen molar-refractivity contribution >= 4 is 34.6 Å². The van der Waals surface area contributed by atoms with E-state index in [2.05, 4.69) is 9.97 Å². The molecule has 0 bridgehead atoms. The highest BCUT2D eigenvalue weighted by atomic mass is 32.1. The molecule has 0 spiro atoms. The molecular weight excluding hydrogens is 399 g/mol. The molecule has 0 aliphatic carbocycles. The Bertz CT molecular complexity index is 1100. The maximum atomic E-state index is 13.7. The number of nitrogens with one attached hydrogen (secondary N) is 1. The fourth-order valence-corrected chi connectivity index (χ4v) is 3.87. The fourth-order valence-electron chi connectivity index (χ4n) is 2.77. The number of aromatic nitrogens is 3. The number of methoxy groups -OCH3 is 1. The van der Waals surface area contributed by atoms with E-state index >= 15 is 0 Å².